The highest BCUT2D eigenvalue weighted by Gasteiger charge is 2.16. The first-order chi connectivity index (χ1) is 7.45. The van der Waals surface area contributed by atoms with E-state index in [-0.39, 0.29) is 5.91 Å². The molecule has 1 unspecified atom stereocenters. The fourth-order valence-electron chi connectivity index (χ4n) is 1.27. The number of aromatic nitrogens is 1. The van der Waals surface area contributed by atoms with Crippen molar-refractivity contribution in [1.82, 2.24) is 9.88 Å². The minimum Gasteiger partial charge on any atom is -0.368 e. The fraction of sp³-hybridized carbons (Fsp3) is 0.400. The molecule has 16 heavy (non-hydrogen) atoms. The first-order valence-electron chi connectivity index (χ1n) is 4.91. The summed E-state index contributed by atoms with van der Waals surface area (Å²) in [5.41, 5.74) is 5.57. The third kappa shape index (κ3) is 2.85. The van der Waals surface area contributed by atoms with E-state index in [1.165, 1.54) is 0 Å². The van der Waals surface area contributed by atoms with E-state index in [1.54, 1.807) is 17.6 Å². The van der Waals surface area contributed by atoms with Gasteiger partial charge in [-0.05, 0) is 35.8 Å². The van der Waals surface area contributed by atoms with Crippen LogP contribution in [0.2, 0.25) is 0 Å². The van der Waals surface area contributed by atoms with E-state index in [2.05, 4.69) is 21.2 Å². The molecule has 1 aromatic rings. The quantitative estimate of drug-likeness (QED) is 0.862. The first-order valence-corrected chi connectivity index (χ1v) is 5.70. The van der Waals surface area contributed by atoms with Crippen LogP contribution in [0, 0.1) is 0 Å². The molecule has 1 atom stereocenters. The van der Waals surface area contributed by atoms with Gasteiger partial charge in [0, 0.05) is 17.2 Å². The molecule has 0 radical (unpaired) electrons. The van der Waals surface area contributed by atoms with Crippen molar-refractivity contribution in [1.29, 1.82) is 0 Å². The lowest BCUT2D eigenvalue weighted by molar-refractivity contribution is -0.119. The lowest BCUT2D eigenvalue weighted by Crippen LogP contribution is -2.42. The molecule has 1 aromatic heterocycles. The van der Waals surface area contributed by atoms with Gasteiger partial charge in [-0.3, -0.25) is 9.59 Å². The summed E-state index contributed by atoms with van der Waals surface area (Å²) in [5, 5.41) is 2.53. The molecular weight excluding hydrogens is 274 g/mol. The van der Waals surface area contributed by atoms with Crippen molar-refractivity contribution in [3.8, 4) is 0 Å². The normalized spacial score (nSPS) is 12.2. The van der Waals surface area contributed by atoms with Gasteiger partial charge in [0.25, 0.3) is 5.91 Å². The number of carbonyl (C=O) groups is 2. The summed E-state index contributed by atoms with van der Waals surface area (Å²) in [6.07, 6.45) is 1.81. The number of aryl methyl sites for hydroxylation is 1. The molecule has 0 aromatic carbocycles. The summed E-state index contributed by atoms with van der Waals surface area (Å²) in [4.78, 5) is 22.6. The molecule has 0 aliphatic rings. The predicted octanol–water partition coefficient (Wildman–Crippen LogP) is 0.874. The standard InChI is InChI=1S/C10H14BrN3O2/c1-3-14-5-7(11)4-8(14)10(16)13-6(2)9(12)15/h4-6H,3H2,1-2H3,(H2,12,15)(H,13,16). The topological polar surface area (TPSA) is 77.1 Å². The lowest BCUT2D eigenvalue weighted by Gasteiger charge is -2.11. The van der Waals surface area contributed by atoms with Gasteiger partial charge in [-0.1, -0.05) is 0 Å². The molecule has 0 saturated heterocycles. The largest absolute Gasteiger partial charge is 0.368 e. The van der Waals surface area contributed by atoms with Crippen molar-refractivity contribution in [3.05, 3.63) is 22.4 Å². The Balaban J connectivity index is 2.84. The van der Waals surface area contributed by atoms with E-state index in [1.807, 2.05) is 13.1 Å². The van der Waals surface area contributed by atoms with E-state index in [0.29, 0.717) is 12.2 Å². The highest BCUT2D eigenvalue weighted by Crippen LogP contribution is 2.14. The number of nitrogens with zero attached hydrogens (tertiary/aromatic N) is 1. The summed E-state index contributed by atoms with van der Waals surface area (Å²) >= 11 is 3.29. The van der Waals surface area contributed by atoms with Gasteiger partial charge in [-0.15, -0.1) is 0 Å². The van der Waals surface area contributed by atoms with Crippen molar-refractivity contribution in [2.24, 2.45) is 5.73 Å². The van der Waals surface area contributed by atoms with Gasteiger partial charge in [0.1, 0.15) is 11.7 Å². The summed E-state index contributed by atoms with van der Waals surface area (Å²) in [7, 11) is 0. The van der Waals surface area contributed by atoms with Gasteiger partial charge in [-0.25, -0.2) is 0 Å². The Kier molecular flexibility index (Phi) is 4.12. The molecule has 5 nitrogen and oxygen atoms in total. The van der Waals surface area contributed by atoms with Crippen LogP contribution in [0.25, 0.3) is 0 Å². The maximum atomic E-state index is 11.8. The fourth-order valence-corrected chi connectivity index (χ4v) is 1.73. The van der Waals surface area contributed by atoms with Crippen molar-refractivity contribution >= 4 is 27.7 Å². The summed E-state index contributed by atoms with van der Waals surface area (Å²) < 4.78 is 2.61. The molecule has 1 heterocycles. The third-order valence-corrected chi connectivity index (χ3v) is 2.64. The molecule has 0 spiro atoms. The molecule has 2 amide bonds. The van der Waals surface area contributed by atoms with Crippen LogP contribution in [0.15, 0.2) is 16.7 Å². The minimum absolute atomic E-state index is 0.307. The number of hydrogen-bond donors (Lipinski definition) is 2. The van der Waals surface area contributed by atoms with Gasteiger partial charge in [-0.2, -0.15) is 0 Å². The maximum Gasteiger partial charge on any atom is 0.268 e. The average molecular weight is 288 g/mol. The molecule has 0 bridgehead atoms. The molecule has 1 rings (SSSR count). The number of nitrogens with two attached hydrogens (primary N) is 1. The Morgan fingerprint density at radius 3 is 2.75 bits per heavy atom. The van der Waals surface area contributed by atoms with Crippen LogP contribution < -0.4 is 11.1 Å². The Morgan fingerprint density at radius 2 is 2.25 bits per heavy atom. The smallest absolute Gasteiger partial charge is 0.268 e. The average Bonchev–Trinajstić information content (AvgIpc) is 2.59. The number of rotatable bonds is 4. The van der Waals surface area contributed by atoms with Crippen LogP contribution >= 0.6 is 15.9 Å². The van der Waals surface area contributed by atoms with Crippen LogP contribution in [0.4, 0.5) is 0 Å². The van der Waals surface area contributed by atoms with E-state index < -0.39 is 11.9 Å². The molecule has 88 valence electrons. The third-order valence-electron chi connectivity index (χ3n) is 2.21. The minimum atomic E-state index is -0.675. The molecule has 0 aliphatic carbocycles. The second-order valence-corrected chi connectivity index (χ2v) is 4.34. The van der Waals surface area contributed by atoms with E-state index in [0.717, 1.165) is 4.47 Å². The number of primary amides is 1. The van der Waals surface area contributed by atoms with Gasteiger partial charge in [0.2, 0.25) is 5.91 Å². The second-order valence-electron chi connectivity index (χ2n) is 3.43. The lowest BCUT2D eigenvalue weighted by atomic mass is 10.3. The maximum absolute atomic E-state index is 11.8. The van der Waals surface area contributed by atoms with Crippen molar-refractivity contribution < 1.29 is 9.59 Å². The first kappa shape index (κ1) is 12.8. The van der Waals surface area contributed by atoms with Crippen molar-refractivity contribution in [2.45, 2.75) is 26.4 Å². The van der Waals surface area contributed by atoms with Crippen LogP contribution in [-0.4, -0.2) is 22.4 Å². The number of halogens is 1. The van der Waals surface area contributed by atoms with Crippen molar-refractivity contribution in [2.75, 3.05) is 0 Å². The Hall–Kier alpha value is -1.30. The zero-order valence-corrected chi connectivity index (χ0v) is 10.7. The van der Waals surface area contributed by atoms with Crippen LogP contribution in [0.3, 0.4) is 0 Å². The summed E-state index contributed by atoms with van der Waals surface area (Å²) in [5.74, 6) is -0.860. The van der Waals surface area contributed by atoms with Crippen LogP contribution in [0.1, 0.15) is 24.3 Å². The predicted molar refractivity (Wildman–Crippen MR) is 63.9 cm³/mol. The highest BCUT2D eigenvalue weighted by atomic mass is 79.9. The molecule has 3 N–H and O–H groups in total. The molecule has 0 fully saturated rings. The van der Waals surface area contributed by atoms with Gasteiger partial charge in [0.15, 0.2) is 0 Å². The Morgan fingerprint density at radius 1 is 1.62 bits per heavy atom. The Labute approximate surface area is 102 Å². The molecule has 0 aliphatic heterocycles. The molecule has 6 heteroatoms. The van der Waals surface area contributed by atoms with Gasteiger partial charge in [0.05, 0.1) is 0 Å². The second kappa shape index (κ2) is 5.16. The summed E-state index contributed by atoms with van der Waals surface area (Å²) in [6, 6.07) is 1.03. The molecule has 0 saturated carbocycles. The zero-order chi connectivity index (χ0) is 12.3. The SMILES string of the molecule is CCn1cc(Br)cc1C(=O)NC(C)C(N)=O. The molecular formula is C10H14BrN3O2. The van der Waals surface area contributed by atoms with Crippen molar-refractivity contribution in [3.63, 3.8) is 0 Å². The highest BCUT2D eigenvalue weighted by molar-refractivity contribution is 9.10. The monoisotopic (exact) mass is 287 g/mol. The summed E-state index contributed by atoms with van der Waals surface area (Å²) in [6.45, 7) is 4.16. The zero-order valence-electron chi connectivity index (χ0n) is 9.16. The van der Waals surface area contributed by atoms with E-state index >= 15 is 0 Å². The van der Waals surface area contributed by atoms with Gasteiger partial charge >= 0.3 is 0 Å². The number of hydrogen-bond acceptors (Lipinski definition) is 2. The number of nitrogens with one attached hydrogen (secondary N) is 1. The van der Waals surface area contributed by atoms with E-state index in [4.69, 9.17) is 5.73 Å². The van der Waals surface area contributed by atoms with Crippen LogP contribution in [0.5, 0.6) is 0 Å². The number of amides is 2. The van der Waals surface area contributed by atoms with Crippen LogP contribution in [-0.2, 0) is 11.3 Å². The number of carbonyl (C=O) groups excluding carboxylic acids is 2. The Bertz CT molecular complexity index is 414. The van der Waals surface area contributed by atoms with E-state index in [9.17, 15) is 9.59 Å². The van der Waals surface area contributed by atoms with Gasteiger partial charge < -0.3 is 15.6 Å².